The molecule has 1 aliphatic rings. The molecule has 0 aromatic heterocycles. The number of hydrogen-bond acceptors (Lipinski definition) is 4. The highest BCUT2D eigenvalue weighted by Gasteiger charge is 2.17. The van der Waals surface area contributed by atoms with Crippen molar-refractivity contribution in [3.05, 3.63) is 29.8 Å². The number of aryl methyl sites for hydroxylation is 1. The summed E-state index contributed by atoms with van der Waals surface area (Å²) >= 11 is 0. The Morgan fingerprint density at radius 1 is 1.44 bits per heavy atom. The molecule has 0 atom stereocenters. The van der Waals surface area contributed by atoms with Crippen molar-refractivity contribution < 1.29 is 14.3 Å². The summed E-state index contributed by atoms with van der Waals surface area (Å²) in [6.07, 6.45) is 1.10. The molecule has 0 unspecified atom stereocenters. The normalized spacial score (nSPS) is 14.9. The second-order valence-corrected chi connectivity index (χ2v) is 4.56. The molecule has 0 bridgehead atoms. The van der Waals surface area contributed by atoms with Crippen LogP contribution < -0.4 is 10.1 Å². The number of methoxy groups -OCH3 is 1. The Hall–Kier alpha value is -1.55. The third-order valence-electron chi connectivity index (χ3n) is 3.10. The Morgan fingerprint density at radius 2 is 2.28 bits per heavy atom. The average molecular weight is 249 g/mol. The predicted octanol–water partition coefficient (Wildman–Crippen LogP) is 1.39. The fourth-order valence-electron chi connectivity index (χ4n) is 1.82. The first-order chi connectivity index (χ1) is 8.78. The summed E-state index contributed by atoms with van der Waals surface area (Å²) in [7, 11) is 1.41. The zero-order valence-electron chi connectivity index (χ0n) is 10.6. The quantitative estimate of drug-likeness (QED) is 0.774. The van der Waals surface area contributed by atoms with Crippen molar-refractivity contribution in [2.45, 2.75) is 12.8 Å². The Kier molecular flexibility index (Phi) is 4.59. The van der Waals surface area contributed by atoms with E-state index < -0.39 is 0 Å². The molecule has 1 saturated heterocycles. The number of ether oxygens (including phenoxy) is 2. The molecule has 1 N–H and O–H groups in total. The van der Waals surface area contributed by atoms with Gasteiger partial charge in [-0.15, -0.1) is 0 Å². The van der Waals surface area contributed by atoms with Gasteiger partial charge in [0.15, 0.2) is 0 Å². The van der Waals surface area contributed by atoms with Crippen molar-refractivity contribution in [3.8, 4) is 5.75 Å². The largest absolute Gasteiger partial charge is 0.493 e. The lowest BCUT2D eigenvalue weighted by Crippen LogP contribution is -2.45. The molecule has 98 valence electrons. The average Bonchev–Trinajstić information content (AvgIpc) is 2.34. The van der Waals surface area contributed by atoms with Gasteiger partial charge in [-0.25, -0.2) is 0 Å². The van der Waals surface area contributed by atoms with Crippen molar-refractivity contribution in [1.29, 1.82) is 0 Å². The number of esters is 1. The summed E-state index contributed by atoms with van der Waals surface area (Å²) in [5, 5.41) is 3.22. The van der Waals surface area contributed by atoms with Gasteiger partial charge in [-0.3, -0.25) is 4.79 Å². The first-order valence-electron chi connectivity index (χ1n) is 6.27. The molecule has 0 amide bonds. The third-order valence-corrected chi connectivity index (χ3v) is 3.10. The van der Waals surface area contributed by atoms with Crippen molar-refractivity contribution in [2.75, 3.05) is 26.8 Å². The van der Waals surface area contributed by atoms with Crippen LogP contribution in [0.25, 0.3) is 0 Å². The van der Waals surface area contributed by atoms with Gasteiger partial charge in [0.25, 0.3) is 0 Å². The zero-order chi connectivity index (χ0) is 12.8. The van der Waals surface area contributed by atoms with E-state index in [4.69, 9.17) is 4.74 Å². The molecule has 0 aliphatic carbocycles. The Balaban J connectivity index is 1.81. The third kappa shape index (κ3) is 3.74. The highest BCUT2D eigenvalue weighted by molar-refractivity contribution is 5.69. The molecule has 0 spiro atoms. The molecular weight excluding hydrogens is 230 g/mol. The molecule has 0 radical (unpaired) electrons. The summed E-state index contributed by atoms with van der Waals surface area (Å²) in [4.78, 5) is 11.1. The number of carbonyl (C=O) groups is 1. The smallest absolute Gasteiger partial charge is 0.305 e. The SMILES string of the molecule is COC(=O)CCc1cccc(OCC2CNC2)c1. The van der Waals surface area contributed by atoms with Gasteiger partial charge in [0, 0.05) is 25.4 Å². The second-order valence-electron chi connectivity index (χ2n) is 4.56. The molecular formula is C14H19NO3. The number of hydrogen-bond donors (Lipinski definition) is 1. The van der Waals surface area contributed by atoms with Crippen LogP contribution >= 0.6 is 0 Å². The summed E-state index contributed by atoms with van der Waals surface area (Å²) in [5.41, 5.74) is 1.10. The van der Waals surface area contributed by atoms with Crippen LogP contribution in [0.4, 0.5) is 0 Å². The minimum absolute atomic E-state index is 0.179. The molecule has 1 aromatic carbocycles. The summed E-state index contributed by atoms with van der Waals surface area (Å²) in [6.45, 7) is 2.84. The number of rotatable bonds is 6. The molecule has 1 fully saturated rings. The fraction of sp³-hybridized carbons (Fsp3) is 0.500. The lowest BCUT2D eigenvalue weighted by molar-refractivity contribution is -0.140. The Bertz CT molecular complexity index is 402. The molecule has 4 nitrogen and oxygen atoms in total. The van der Waals surface area contributed by atoms with Crippen molar-refractivity contribution >= 4 is 5.97 Å². The maximum atomic E-state index is 11.1. The van der Waals surface area contributed by atoms with Gasteiger partial charge in [-0.05, 0) is 24.1 Å². The minimum atomic E-state index is -0.179. The Labute approximate surface area is 107 Å². The van der Waals surface area contributed by atoms with Crippen LogP contribution in [-0.4, -0.2) is 32.8 Å². The van der Waals surface area contributed by atoms with Crippen LogP contribution in [0.3, 0.4) is 0 Å². The lowest BCUT2D eigenvalue weighted by atomic mass is 10.1. The van der Waals surface area contributed by atoms with E-state index in [0.717, 1.165) is 31.0 Å². The van der Waals surface area contributed by atoms with Crippen LogP contribution in [0.1, 0.15) is 12.0 Å². The maximum Gasteiger partial charge on any atom is 0.305 e. The van der Waals surface area contributed by atoms with Gasteiger partial charge in [-0.1, -0.05) is 12.1 Å². The highest BCUT2D eigenvalue weighted by Crippen LogP contribution is 2.16. The molecule has 4 heteroatoms. The van der Waals surface area contributed by atoms with Crippen molar-refractivity contribution in [1.82, 2.24) is 5.32 Å². The van der Waals surface area contributed by atoms with Crippen molar-refractivity contribution in [2.24, 2.45) is 5.92 Å². The molecule has 18 heavy (non-hydrogen) atoms. The molecule has 1 heterocycles. The van der Waals surface area contributed by atoms with Gasteiger partial charge in [-0.2, -0.15) is 0 Å². The van der Waals surface area contributed by atoms with E-state index in [0.29, 0.717) is 18.8 Å². The molecule has 2 rings (SSSR count). The van der Waals surface area contributed by atoms with Gasteiger partial charge in [0.1, 0.15) is 5.75 Å². The first-order valence-corrected chi connectivity index (χ1v) is 6.27. The topological polar surface area (TPSA) is 47.6 Å². The molecule has 0 saturated carbocycles. The highest BCUT2D eigenvalue weighted by atomic mass is 16.5. The van der Waals surface area contributed by atoms with Crippen LogP contribution in [0.5, 0.6) is 5.75 Å². The van der Waals surface area contributed by atoms with Crippen LogP contribution in [0, 0.1) is 5.92 Å². The van der Waals surface area contributed by atoms with E-state index in [1.165, 1.54) is 7.11 Å². The second kappa shape index (κ2) is 6.40. The van der Waals surface area contributed by atoms with Gasteiger partial charge in [0.2, 0.25) is 0 Å². The van der Waals surface area contributed by atoms with Gasteiger partial charge in [0.05, 0.1) is 13.7 Å². The summed E-state index contributed by atoms with van der Waals surface area (Å²) in [5.74, 6) is 1.33. The molecule has 1 aromatic rings. The minimum Gasteiger partial charge on any atom is -0.493 e. The maximum absolute atomic E-state index is 11.1. The van der Waals surface area contributed by atoms with Crippen molar-refractivity contribution in [3.63, 3.8) is 0 Å². The fourth-order valence-corrected chi connectivity index (χ4v) is 1.82. The van der Waals surface area contributed by atoms with E-state index in [1.54, 1.807) is 0 Å². The van der Waals surface area contributed by atoms with E-state index in [-0.39, 0.29) is 5.97 Å². The number of nitrogens with one attached hydrogen (secondary N) is 1. The van der Waals surface area contributed by atoms with Gasteiger partial charge >= 0.3 is 5.97 Å². The summed E-state index contributed by atoms with van der Waals surface area (Å²) < 4.78 is 10.4. The van der Waals surface area contributed by atoms with Crippen LogP contribution in [0.2, 0.25) is 0 Å². The van der Waals surface area contributed by atoms with E-state index in [1.807, 2.05) is 24.3 Å². The number of carbonyl (C=O) groups excluding carboxylic acids is 1. The molecule has 1 aliphatic heterocycles. The van der Waals surface area contributed by atoms with E-state index in [9.17, 15) is 4.79 Å². The predicted molar refractivity (Wildman–Crippen MR) is 68.6 cm³/mol. The van der Waals surface area contributed by atoms with Crippen LogP contribution in [0.15, 0.2) is 24.3 Å². The summed E-state index contributed by atoms with van der Waals surface area (Å²) in [6, 6.07) is 7.91. The standard InChI is InChI=1S/C14H19NO3/c1-17-14(16)6-5-11-3-2-4-13(7-11)18-10-12-8-15-9-12/h2-4,7,12,15H,5-6,8-10H2,1H3. The number of benzene rings is 1. The Morgan fingerprint density at radius 3 is 2.94 bits per heavy atom. The monoisotopic (exact) mass is 249 g/mol. The van der Waals surface area contributed by atoms with E-state index in [2.05, 4.69) is 10.1 Å². The van der Waals surface area contributed by atoms with Gasteiger partial charge < -0.3 is 14.8 Å². The van der Waals surface area contributed by atoms with Crippen LogP contribution in [-0.2, 0) is 16.0 Å². The van der Waals surface area contributed by atoms with E-state index >= 15 is 0 Å². The zero-order valence-corrected chi connectivity index (χ0v) is 10.6. The lowest BCUT2D eigenvalue weighted by Gasteiger charge is -2.26. The first kappa shape index (κ1) is 12.9.